The number of hydrogen-bond donors (Lipinski definition) is 0. The molecule has 2 atom stereocenters. The lowest BCUT2D eigenvalue weighted by atomic mass is 10.1. The van der Waals surface area contributed by atoms with Crippen molar-refractivity contribution in [2.75, 3.05) is 20.3 Å². The molecule has 140 valence electrons. The van der Waals surface area contributed by atoms with Crippen molar-refractivity contribution in [3.63, 3.8) is 0 Å². The van der Waals surface area contributed by atoms with Crippen LogP contribution in [0.5, 0.6) is 5.75 Å². The lowest BCUT2D eigenvalue weighted by molar-refractivity contribution is -0.0288. The number of ether oxygens (including phenoxy) is 2. The maximum atomic E-state index is 13.4. The SMILES string of the molecule is COc1cc(C)c(C)cc1S(=O)(=O)N1CC(c2ccccc2)OCC1C. The average Bonchev–Trinajstić information content (AvgIpc) is 2.64. The molecule has 0 aliphatic carbocycles. The molecule has 2 aromatic carbocycles. The van der Waals surface area contributed by atoms with E-state index in [1.807, 2.05) is 51.1 Å². The Labute approximate surface area is 155 Å². The van der Waals surface area contributed by atoms with E-state index in [9.17, 15) is 8.42 Å². The summed E-state index contributed by atoms with van der Waals surface area (Å²) in [5, 5.41) is 0. The summed E-state index contributed by atoms with van der Waals surface area (Å²) in [6, 6.07) is 13.0. The maximum Gasteiger partial charge on any atom is 0.247 e. The van der Waals surface area contributed by atoms with Gasteiger partial charge in [-0.25, -0.2) is 8.42 Å². The highest BCUT2D eigenvalue weighted by Gasteiger charge is 2.37. The van der Waals surface area contributed by atoms with Gasteiger partial charge in [-0.1, -0.05) is 30.3 Å². The fourth-order valence-corrected chi connectivity index (χ4v) is 5.03. The zero-order valence-corrected chi connectivity index (χ0v) is 16.4. The van der Waals surface area contributed by atoms with Crippen LogP contribution in [0.4, 0.5) is 0 Å². The predicted molar refractivity (Wildman–Crippen MR) is 101 cm³/mol. The van der Waals surface area contributed by atoms with Crippen LogP contribution >= 0.6 is 0 Å². The van der Waals surface area contributed by atoms with Gasteiger partial charge in [-0.3, -0.25) is 0 Å². The molecule has 1 saturated heterocycles. The number of nitrogens with zero attached hydrogens (tertiary/aromatic N) is 1. The molecule has 1 heterocycles. The lowest BCUT2D eigenvalue weighted by Crippen LogP contribution is -2.48. The molecule has 0 bridgehead atoms. The minimum absolute atomic E-state index is 0.212. The van der Waals surface area contributed by atoms with Crippen molar-refractivity contribution in [2.45, 2.75) is 37.8 Å². The third-order valence-electron chi connectivity index (χ3n) is 4.91. The third-order valence-corrected chi connectivity index (χ3v) is 6.92. The predicted octanol–water partition coefficient (Wildman–Crippen LogP) is 3.46. The van der Waals surface area contributed by atoms with Gasteiger partial charge in [-0.05, 0) is 49.6 Å². The number of morpholine rings is 1. The van der Waals surface area contributed by atoms with Gasteiger partial charge in [0.2, 0.25) is 10.0 Å². The van der Waals surface area contributed by atoms with E-state index in [4.69, 9.17) is 9.47 Å². The highest BCUT2D eigenvalue weighted by Crippen LogP contribution is 2.34. The van der Waals surface area contributed by atoms with Crippen molar-refractivity contribution < 1.29 is 17.9 Å². The minimum Gasteiger partial charge on any atom is -0.495 e. The molecule has 2 unspecified atom stereocenters. The Balaban J connectivity index is 1.99. The molecule has 0 saturated carbocycles. The molecule has 2 aromatic rings. The first kappa shape index (κ1) is 18.9. The molecule has 6 heteroatoms. The van der Waals surface area contributed by atoms with E-state index in [1.165, 1.54) is 11.4 Å². The van der Waals surface area contributed by atoms with Gasteiger partial charge in [-0.2, -0.15) is 4.31 Å². The second-order valence-corrected chi connectivity index (χ2v) is 8.60. The minimum atomic E-state index is -3.71. The van der Waals surface area contributed by atoms with Crippen molar-refractivity contribution in [3.05, 3.63) is 59.2 Å². The van der Waals surface area contributed by atoms with Crippen molar-refractivity contribution in [3.8, 4) is 5.75 Å². The monoisotopic (exact) mass is 375 g/mol. The van der Waals surface area contributed by atoms with E-state index >= 15 is 0 Å². The topological polar surface area (TPSA) is 55.8 Å². The summed E-state index contributed by atoms with van der Waals surface area (Å²) < 4.78 is 39.6. The molecule has 1 fully saturated rings. The quantitative estimate of drug-likeness (QED) is 0.821. The summed E-state index contributed by atoms with van der Waals surface area (Å²) >= 11 is 0. The molecule has 1 aliphatic rings. The fourth-order valence-electron chi connectivity index (χ4n) is 3.19. The van der Waals surface area contributed by atoms with E-state index in [2.05, 4.69) is 0 Å². The zero-order valence-electron chi connectivity index (χ0n) is 15.6. The van der Waals surface area contributed by atoms with E-state index in [0.717, 1.165) is 16.7 Å². The van der Waals surface area contributed by atoms with E-state index in [1.54, 1.807) is 12.1 Å². The number of methoxy groups -OCH3 is 1. The number of hydrogen-bond acceptors (Lipinski definition) is 4. The van der Waals surface area contributed by atoms with Gasteiger partial charge >= 0.3 is 0 Å². The van der Waals surface area contributed by atoms with Crippen LogP contribution in [0.25, 0.3) is 0 Å². The zero-order chi connectivity index (χ0) is 18.9. The molecule has 26 heavy (non-hydrogen) atoms. The van der Waals surface area contributed by atoms with Crippen molar-refractivity contribution in [1.29, 1.82) is 0 Å². The number of benzene rings is 2. The summed E-state index contributed by atoms with van der Waals surface area (Å²) in [5.41, 5.74) is 2.90. The van der Waals surface area contributed by atoms with Crippen molar-refractivity contribution in [2.24, 2.45) is 0 Å². The first-order chi connectivity index (χ1) is 12.3. The Morgan fingerprint density at radius 2 is 1.77 bits per heavy atom. The van der Waals surface area contributed by atoms with Gasteiger partial charge in [0.1, 0.15) is 10.6 Å². The highest BCUT2D eigenvalue weighted by molar-refractivity contribution is 7.89. The van der Waals surface area contributed by atoms with Crippen LogP contribution in [-0.2, 0) is 14.8 Å². The first-order valence-corrected chi connectivity index (χ1v) is 10.1. The van der Waals surface area contributed by atoms with Crippen LogP contribution < -0.4 is 4.74 Å². The Morgan fingerprint density at radius 1 is 1.12 bits per heavy atom. The summed E-state index contributed by atoms with van der Waals surface area (Å²) in [6.07, 6.45) is -0.278. The van der Waals surface area contributed by atoms with Crippen LogP contribution in [0.2, 0.25) is 0 Å². The van der Waals surface area contributed by atoms with E-state index in [0.29, 0.717) is 12.4 Å². The van der Waals surface area contributed by atoms with E-state index < -0.39 is 10.0 Å². The molecule has 0 spiro atoms. The largest absolute Gasteiger partial charge is 0.495 e. The van der Waals surface area contributed by atoms with E-state index in [-0.39, 0.29) is 23.6 Å². The molecule has 1 aliphatic heterocycles. The fraction of sp³-hybridized carbons (Fsp3) is 0.400. The van der Waals surface area contributed by atoms with Gasteiger partial charge in [0, 0.05) is 12.6 Å². The maximum absolute atomic E-state index is 13.4. The molecule has 0 N–H and O–H groups in total. The molecule has 3 rings (SSSR count). The Bertz CT molecular complexity index is 880. The van der Waals surface area contributed by atoms with Gasteiger partial charge in [0.15, 0.2) is 0 Å². The van der Waals surface area contributed by atoms with Gasteiger partial charge in [-0.15, -0.1) is 0 Å². The lowest BCUT2D eigenvalue weighted by Gasteiger charge is -2.37. The van der Waals surface area contributed by atoms with Crippen molar-refractivity contribution in [1.82, 2.24) is 4.31 Å². The van der Waals surface area contributed by atoms with Crippen LogP contribution in [0.3, 0.4) is 0 Å². The molecule has 0 amide bonds. The number of aryl methyl sites for hydroxylation is 2. The van der Waals surface area contributed by atoms with Crippen LogP contribution in [0.1, 0.15) is 29.7 Å². The Morgan fingerprint density at radius 3 is 2.42 bits per heavy atom. The standard InChI is InChI=1S/C20H25NO4S/c1-14-10-18(24-4)20(11-15(14)2)26(22,23)21-12-19(25-13-16(21)3)17-8-6-5-7-9-17/h5-11,16,19H,12-13H2,1-4H3. The highest BCUT2D eigenvalue weighted by atomic mass is 32.2. The normalized spacial score (nSPS) is 21.5. The second kappa shape index (κ2) is 7.39. The number of sulfonamides is 1. The molecule has 0 aromatic heterocycles. The van der Waals surface area contributed by atoms with Gasteiger partial charge < -0.3 is 9.47 Å². The molecular weight excluding hydrogens is 350 g/mol. The summed E-state index contributed by atoms with van der Waals surface area (Å²) in [7, 11) is -2.21. The van der Waals surface area contributed by atoms with Gasteiger partial charge in [0.05, 0.1) is 19.8 Å². The average molecular weight is 375 g/mol. The Hall–Kier alpha value is -1.89. The smallest absolute Gasteiger partial charge is 0.247 e. The summed E-state index contributed by atoms with van der Waals surface area (Å²) in [4.78, 5) is 0.212. The van der Waals surface area contributed by atoms with Crippen LogP contribution in [0, 0.1) is 13.8 Å². The van der Waals surface area contributed by atoms with Crippen LogP contribution in [-0.4, -0.2) is 39.0 Å². The molecule has 0 radical (unpaired) electrons. The summed E-state index contributed by atoms with van der Waals surface area (Å²) in [5.74, 6) is 0.378. The number of rotatable bonds is 4. The van der Waals surface area contributed by atoms with Crippen LogP contribution in [0.15, 0.2) is 47.4 Å². The Kier molecular flexibility index (Phi) is 5.37. The molecular formula is C20H25NO4S. The van der Waals surface area contributed by atoms with Gasteiger partial charge in [0.25, 0.3) is 0 Å². The first-order valence-electron chi connectivity index (χ1n) is 8.68. The van der Waals surface area contributed by atoms with Crippen molar-refractivity contribution >= 4 is 10.0 Å². The second-order valence-electron chi connectivity index (χ2n) is 6.74. The summed E-state index contributed by atoms with van der Waals surface area (Å²) in [6.45, 7) is 6.35. The third kappa shape index (κ3) is 3.49. The molecule has 5 nitrogen and oxygen atoms in total.